The van der Waals surface area contributed by atoms with E-state index in [9.17, 15) is 9.59 Å². The van der Waals surface area contributed by atoms with Gasteiger partial charge in [0.1, 0.15) is 11.5 Å². The Labute approximate surface area is 139 Å². The van der Waals surface area contributed by atoms with Crippen molar-refractivity contribution in [2.24, 2.45) is 0 Å². The molecule has 1 heterocycles. The van der Waals surface area contributed by atoms with E-state index >= 15 is 0 Å². The van der Waals surface area contributed by atoms with Gasteiger partial charge in [0.05, 0.1) is 5.69 Å². The molecule has 124 valence electrons. The van der Waals surface area contributed by atoms with Crippen LogP contribution in [-0.4, -0.2) is 25.0 Å². The van der Waals surface area contributed by atoms with Crippen molar-refractivity contribution in [2.45, 2.75) is 13.8 Å². The molecular formula is C18H18N2O4. The fraction of sp³-hybridized carbons (Fsp3) is 0.222. The van der Waals surface area contributed by atoms with Gasteiger partial charge in [-0.2, -0.15) is 0 Å². The SMILES string of the molecule is Cc1ccc(OCC(=O)Nc2ccc3c(c2)NC(=O)CO3)c(C)c1. The van der Waals surface area contributed by atoms with Gasteiger partial charge in [-0.15, -0.1) is 0 Å². The van der Waals surface area contributed by atoms with Crippen LogP contribution in [0.3, 0.4) is 0 Å². The quantitative estimate of drug-likeness (QED) is 0.905. The molecule has 2 N–H and O–H groups in total. The third-order valence-corrected chi connectivity index (χ3v) is 3.59. The molecule has 0 saturated heterocycles. The topological polar surface area (TPSA) is 76.7 Å². The van der Waals surface area contributed by atoms with Crippen LogP contribution in [0.25, 0.3) is 0 Å². The highest BCUT2D eigenvalue weighted by molar-refractivity contribution is 5.97. The zero-order valence-corrected chi connectivity index (χ0v) is 13.5. The fourth-order valence-electron chi connectivity index (χ4n) is 2.46. The third kappa shape index (κ3) is 3.65. The number of nitrogens with one attached hydrogen (secondary N) is 2. The summed E-state index contributed by atoms with van der Waals surface area (Å²) in [5, 5.41) is 5.43. The summed E-state index contributed by atoms with van der Waals surface area (Å²) in [6.07, 6.45) is 0. The van der Waals surface area contributed by atoms with Crippen LogP contribution in [-0.2, 0) is 9.59 Å². The smallest absolute Gasteiger partial charge is 0.262 e. The Hall–Kier alpha value is -3.02. The maximum Gasteiger partial charge on any atom is 0.262 e. The van der Waals surface area contributed by atoms with Gasteiger partial charge >= 0.3 is 0 Å². The molecule has 2 aromatic carbocycles. The predicted octanol–water partition coefficient (Wildman–Crippen LogP) is 2.65. The maximum atomic E-state index is 12.0. The van der Waals surface area contributed by atoms with Gasteiger partial charge in [0.25, 0.3) is 11.8 Å². The Morgan fingerprint density at radius 2 is 2.08 bits per heavy atom. The molecule has 6 heteroatoms. The molecule has 24 heavy (non-hydrogen) atoms. The zero-order chi connectivity index (χ0) is 17.1. The number of benzene rings is 2. The summed E-state index contributed by atoms with van der Waals surface area (Å²) in [6, 6.07) is 10.9. The van der Waals surface area contributed by atoms with Crippen molar-refractivity contribution in [3.8, 4) is 11.5 Å². The molecule has 0 atom stereocenters. The van der Waals surface area contributed by atoms with E-state index in [1.165, 1.54) is 0 Å². The molecule has 1 aliphatic rings. The predicted molar refractivity (Wildman–Crippen MR) is 90.6 cm³/mol. The molecule has 0 aliphatic carbocycles. The molecular weight excluding hydrogens is 308 g/mol. The van der Waals surface area contributed by atoms with Crippen LogP contribution in [0.2, 0.25) is 0 Å². The van der Waals surface area contributed by atoms with Crippen molar-refractivity contribution in [2.75, 3.05) is 23.8 Å². The highest BCUT2D eigenvalue weighted by atomic mass is 16.5. The first-order valence-electron chi connectivity index (χ1n) is 7.58. The molecule has 0 fully saturated rings. The largest absolute Gasteiger partial charge is 0.483 e. The lowest BCUT2D eigenvalue weighted by molar-refractivity contribution is -0.119. The van der Waals surface area contributed by atoms with E-state index in [4.69, 9.17) is 9.47 Å². The Morgan fingerprint density at radius 3 is 2.88 bits per heavy atom. The average molecular weight is 326 g/mol. The lowest BCUT2D eigenvalue weighted by atomic mass is 10.1. The average Bonchev–Trinajstić information content (AvgIpc) is 2.53. The Bertz CT molecular complexity index is 802. The zero-order valence-electron chi connectivity index (χ0n) is 13.5. The summed E-state index contributed by atoms with van der Waals surface area (Å²) in [4.78, 5) is 23.4. The van der Waals surface area contributed by atoms with Crippen molar-refractivity contribution < 1.29 is 19.1 Å². The van der Waals surface area contributed by atoms with Crippen molar-refractivity contribution in [1.82, 2.24) is 0 Å². The van der Waals surface area contributed by atoms with Gasteiger partial charge in [0.15, 0.2) is 13.2 Å². The van der Waals surface area contributed by atoms with Gasteiger partial charge in [-0.1, -0.05) is 17.7 Å². The summed E-state index contributed by atoms with van der Waals surface area (Å²) < 4.78 is 10.8. The van der Waals surface area contributed by atoms with Gasteiger partial charge in [-0.05, 0) is 43.7 Å². The number of fused-ring (bicyclic) bond motifs is 1. The minimum absolute atomic E-state index is 0.00243. The number of ether oxygens (including phenoxy) is 2. The van der Waals surface area contributed by atoms with E-state index in [2.05, 4.69) is 10.6 Å². The molecule has 0 spiro atoms. The van der Waals surface area contributed by atoms with Crippen molar-refractivity contribution >= 4 is 23.2 Å². The van der Waals surface area contributed by atoms with Crippen LogP contribution in [0.15, 0.2) is 36.4 Å². The van der Waals surface area contributed by atoms with Gasteiger partial charge < -0.3 is 20.1 Å². The second-order valence-corrected chi connectivity index (χ2v) is 5.65. The van der Waals surface area contributed by atoms with Gasteiger partial charge in [-0.25, -0.2) is 0 Å². The van der Waals surface area contributed by atoms with Crippen molar-refractivity contribution in [3.63, 3.8) is 0 Å². The monoisotopic (exact) mass is 326 g/mol. The molecule has 6 nitrogen and oxygen atoms in total. The number of rotatable bonds is 4. The van der Waals surface area contributed by atoms with E-state index in [0.29, 0.717) is 22.9 Å². The van der Waals surface area contributed by atoms with E-state index in [1.54, 1.807) is 18.2 Å². The lowest BCUT2D eigenvalue weighted by Crippen LogP contribution is -2.25. The number of hydrogen-bond acceptors (Lipinski definition) is 4. The second kappa shape index (κ2) is 6.62. The first kappa shape index (κ1) is 15.9. The highest BCUT2D eigenvalue weighted by Crippen LogP contribution is 2.30. The molecule has 3 rings (SSSR count). The van der Waals surface area contributed by atoms with E-state index < -0.39 is 0 Å². The van der Waals surface area contributed by atoms with Crippen molar-refractivity contribution in [3.05, 3.63) is 47.5 Å². The fourth-order valence-corrected chi connectivity index (χ4v) is 2.46. The van der Waals surface area contributed by atoms with Crippen molar-refractivity contribution in [1.29, 1.82) is 0 Å². The van der Waals surface area contributed by atoms with E-state index in [-0.39, 0.29) is 25.0 Å². The normalized spacial score (nSPS) is 12.7. The summed E-state index contributed by atoms with van der Waals surface area (Å²) in [7, 11) is 0. The minimum atomic E-state index is -0.280. The number of aryl methyl sites for hydroxylation is 2. The van der Waals surface area contributed by atoms with Crippen LogP contribution in [0.4, 0.5) is 11.4 Å². The minimum Gasteiger partial charge on any atom is -0.483 e. The van der Waals surface area contributed by atoms with Gasteiger partial charge in [-0.3, -0.25) is 9.59 Å². The third-order valence-electron chi connectivity index (χ3n) is 3.59. The van der Waals surface area contributed by atoms with Crippen LogP contribution in [0.5, 0.6) is 11.5 Å². The summed E-state index contributed by atoms with van der Waals surface area (Å²) in [5.74, 6) is 0.767. The second-order valence-electron chi connectivity index (χ2n) is 5.65. The Kier molecular flexibility index (Phi) is 4.37. The highest BCUT2D eigenvalue weighted by Gasteiger charge is 2.16. The molecule has 1 aliphatic heterocycles. The number of carbonyl (C=O) groups excluding carboxylic acids is 2. The van der Waals surface area contributed by atoms with Gasteiger partial charge in [0, 0.05) is 5.69 Å². The number of amides is 2. The van der Waals surface area contributed by atoms with Gasteiger partial charge in [0.2, 0.25) is 0 Å². The van der Waals surface area contributed by atoms with Crippen LogP contribution >= 0.6 is 0 Å². The molecule has 0 radical (unpaired) electrons. The first-order chi connectivity index (χ1) is 11.5. The molecule has 0 bridgehead atoms. The van der Waals surface area contributed by atoms with E-state index in [1.807, 2.05) is 32.0 Å². The Morgan fingerprint density at radius 1 is 1.25 bits per heavy atom. The molecule has 2 amide bonds. The van der Waals surface area contributed by atoms with Crippen LogP contribution in [0, 0.1) is 13.8 Å². The standard InChI is InChI=1S/C18H18N2O4/c1-11-3-5-15(12(2)7-11)23-9-17(21)19-13-4-6-16-14(8-13)20-18(22)10-24-16/h3-8H,9-10H2,1-2H3,(H,19,21)(H,20,22). The maximum absolute atomic E-state index is 12.0. The van der Waals surface area contributed by atoms with E-state index in [0.717, 1.165) is 11.1 Å². The number of anilines is 2. The number of carbonyl (C=O) groups is 2. The lowest BCUT2D eigenvalue weighted by Gasteiger charge is -2.18. The van der Waals surface area contributed by atoms with Crippen LogP contribution in [0.1, 0.15) is 11.1 Å². The number of hydrogen-bond donors (Lipinski definition) is 2. The first-order valence-corrected chi connectivity index (χ1v) is 7.58. The molecule has 0 unspecified atom stereocenters. The van der Waals surface area contributed by atoms with Crippen LogP contribution < -0.4 is 20.1 Å². The molecule has 2 aromatic rings. The summed E-state index contributed by atoms with van der Waals surface area (Å²) >= 11 is 0. The molecule has 0 aromatic heterocycles. The summed E-state index contributed by atoms with van der Waals surface area (Å²) in [5.41, 5.74) is 3.23. The molecule has 0 saturated carbocycles. The Balaban J connectivity index is 1.61. The summed E-state index contributed by atoms with van der Waals surface area (Å²) in [6.45, 7) is 3.85.